The highest BCUT2D eigenvalue weighted by molar-refractivity contribution is 7.80. The zero-order valence-corrected chi connectivity index (χ0v) is 8.53. The molecule has 1 amide bonds. The molecule has 1 fully saturated rings. The van der Waals surface area contributed by atoms with E-state index in [4.69, 9.17) is 0 Å². The lowest BCUT2D eigenvalue weighted by Gasteiger charge is -2.15. The summed E-state index contributed by atoms with van der Waals surface area (Å²) in [4.78, 5) is 11.3. The average Bonchev–Trinajstić information content (AvgIpc) is 2.67. The SMILES string of the molecule is CN(C)NC(=O)CC1(CS)CC1. The Hall–Kier alpha value is -0.220. The summed E-state index contributed by atoms with van der Waals surface area (Å²) in [7, 11) is 3.64. The van der Waals surface area contributed by atoms with E-state index in [1.807, 2.05) is 14.1 Å². The summed E-state index contributed by atoms with van der Waals surface area (Å²) in [5.41, 5.74) is 2.96. The van der Waals surface area contributed by atoms with Gasteiger partial charge in [0.15, 0.2) is 0 Å². The highest BCUT2D eigenvalue weighted by Crippen LogP contribution is 2.49. The Morgan fingerprint density at radius 2 is 2.17 bits per heavy atom. The van der Waals surface area contributed by atoms with E-state index in [2.05, 4.69) is 18.1 Å². The van der Waals surface area contributed by atoms with Crippen molar-refractivity contribution in [1.29, 1.82) is 0 Å². The first kappa shape index (κ1) is 9.86. The van der Waals surface area contributed by atoms with Crippen LogP contribution >= 0.6 is 12.6 Å². The molecule has 0 heterocycles. The van der Waals surface area contributed by atoms with E-state index in [9.17, 15) is 4.79 Å². The molecule has 12 heavy (non-hydrogen) atoms. The lowest BCUT2D eigenvalue weighted by Crippen LogP contribution is -2.37. The second-order valence-electron chi connectivity index (χ2n) is 3.76. The number of nitrogens with zero attached hydrogens (tertiary/aromatic N) is 1. The summed E-state index contributed by atoms with van der Waals surface area (Å²) >= 11 is 4.24. The molecule has 4 heteroatoms. The van der Waals surface area contributed by atoms with Gasteiger partial charge in [-0.25, -0.2) is 5.01 Å². The molecule has 0 spiro atoms. The Labute approximate surface area is 78.9 Å². The zero-order chi connectivity index (χ0) is 9.19. The number of thiol groups is 1. The predicted octanol–water partition coefficient (Wildman–Crippen LogP) is 0.679. The van der Waals surface area contributed by atoms with Gasteiger partial charge in [0.2, 0.25) is 5.91 Å². The van der Waals surface area contributed by atoms with E-state index < -0.39 is 0 Å². The summed E-state index contributed by atoms with van der Waals surface area (Å²) in [5, 5.41) is 1.68. The first-order chi connectivity index (χ1) is 5.58. The third kappa shape index (κ3) is 2.68. The van der Waals surface area contributed by atoms with Crippen LogP contribution in [0.1, 0.15) is 19.3 Å². The van der Waals surface area contributed by atoms with Crippen LogP contribution in [0.4, 0.5) is 0 Å². The summed E-state index contributed by atoms with van der Waals surface area (Å²) in [6.45, 7) is 0. The van der Waals surface area contributed by atoms with Gasteiger partial charge in [0.05, 0.1) is 0 Å². The van der Waals surface area contributed by atoms with Crippen LogP contribution in [0.25, 0.3) is 0 Å². The number of nitrogens with one attached hydrogen (secondary N) is 1. The molecule has 0 atom stereocenters. The molecule has 0 aromatic heterocycles. The van der Waals surface area contributed by atoms with Crippen LogP contribution < -0.4 is 5.43 Å². The van der Waals surface area contributed by atoms with E-state index in [-0.39, 0.29) is 11.3 Å². The standard InChI is InChI=1S/C8H16N2OS/c1-10(2)9-7(11)5-8(6-12)3-4-8/h12H,3-6H2,1-2H3,(H,9,11). The maximum absolute atomic E-state index is 11.3. The van der Waals surface area contributed by atoms with Gasteiger partial charge in [-0.2, -0.15) is 12.6 Å². The minimum absolute atomic E-state index is 0.103. The number of amides is 1. The smallest absolute Gasteiger partial charge is 0.234 e. The first-order valence-corrected chi connectivity index (χ1v) is 4.79. The number of carbonyl (C=O) groups is 1. The third-order valence-corrected chi connectivity index (χ3v) is 2.85. The van der Waals surface area contributed by atoms with Crippen molar-refractivity contribution in [3.05, 3.63) is 0 Å². The zero-order valence-electron chi connectivity index (χ0n) is 7.63. The molecule has 0 aromatic carbocycles. The van der Waals surface area contributed by atoms with Crippen molar-refractivity contribution in [2.75, 3.05) is 19.8 Å². The summed E-state index contributed by atoms with van der Waals surface area (Å²) in [6.07, 6.45) is 2.92. The summed E-state index contributed by atoms with van der Waals surface area (Å²) in [5.74, 6) is 0.931. The molecule has 0 aromatic rings. The van der Waals surface area contributed by atoms with Crippen molar-refractivity contribution in [2.24, 2.45) is 5.41 Å². The monoisotopic (exact) mass is 188 g/mol. The Morgan fingerprint density at radius 1 is 1.58 bits per heavy atom. The normalized spacial score (nSPS) is 19.3. The molecular weight excluding hydrogens is 172 g/mol. The quantitative estimate of drug-likeness (QED) is 0.502. The maximum atomic E-state index is 11.3. The molecule has 1 rings (SSSR count). The first-order valence-electron chi connectivity index (χ1n) is 4.16. The number of carbonyl (C=O) groups excluding carboxylic acids is 1. The van der Waals surface area contributed by atoms with Crippen LogP contribution in [-0.4, -0.2) is 30.8 Å². The largest absolute Gasteiger partial charge is 0.289 e. The highest BCUT2D eigenvalue weighted by atomic mass is 32.1. The Morgan fingerprint density at radius 3 is 2.50 bits per heavy atom. The highest BCUT2D eigenvalue weighted by Gasteiger charge is 2.42. The van der Waals surface area contributed by atoms with Crippen molar-refractivity contribution < 1.29 is 4.79 Å². The van der Waals surface area contributed by atoms with Crippen LogP contribution in [0.5, 0.6) is 0 Å². The van der Waals surface area contributed by atoms with Gasteiger partial charge >= 0.3 is 0 Å². The predicted molar refractivity (Wildman–Crippen MR) is 52.0 cm³/mol. The molecule has 0 aliphatic heterocycles. The molecule has 3 nitrogen and oxygen atoms in total. The minimum atomic E-state index is 0.103. The van der Waals surface area contributed by atoms with Gasteiger partial charge in [-0.15, -0.1) is 0 Å². The van der Waals surface area contributed by atoms with Gasteiger partial charge < -0.3 is 0 Å². The molecular formula is C8H16N2OS. The number of hydrogen-bond acceptors (Lipinski definition) is 3. The van der Waals surface area contributed by atoms with Gasteiger partial charge in [-0.05, 0) is 24.0 Å². The third-order valence-electron chi connectivity index (χ3n) is 2.18. The Kier molecular flexibility index (Phi) is 3.01. The molecule has 0 bridgehead atoms. The lowest BCUT2D eigenvalue weighted by atomic mass is 10.1. The van der Waals surface area contributed by atoms with Crippen LogP contribution in [-0.2, 0) is 4.79 Å². The van der Waals surface area contributed by atoms with Crippen LogP contribution in [0.3, 0.4) is 0 Å². The van der Waals surface area contributed by atoms with Gasteiger partial charge in [-0.3, -0.25) is 10.2 Å². The van der Waals surface area contributed by atoms with Gasteiger partial charge in [-0.1, -0.05) is 0 Å². The van der Waals surface area contributed by atoms with Crippen molar-refractivity contribution in [3.63, 3.8) is 0 Å². The number of hydrogen-bond donors (Lipinski definition) is 2. The molecule has 1 aliphatic rings. The number of hydrazine groups is 1. The average molecular weight is 188 g/mol. The molecule has 70 valence electrons. The minimum Gasteiger partial charge on any atom is -0.289 e. The van der Waals surface area contributed by atoms with Crippen LogP contribution in [0, 0.1) is 5.41 Å². The molecule has 0 radical (unpaired) electrons. The second kappa shape index (κ2) is 3.66. The molecule has 1 aliphatic carbocycles. The van der Waals surface area contributed by atoms with E-state index in [1.54, 1.807) is 5.01 Å². The molecule has 0 unspecified atom stereocenters. The molecule has 0 saturated heterocycles. The van der Waals surface area contributed by atoms with Crippen molar-refractivity contribution in [2.45, 2.75) is 19.3 Å². The fourth-order valence-corrected chi connectivity index (χ4v) is 1.63. The van der Waals surface area contributed by atoms with Gasteiger partial charge in [0.25, 0.3) is 0 Å². The number of rotatable bonds is 4. The summed E-state index contributed by atoms with van der Waals surface area (Å²) < 4.78 is 0. The fourth-order valence-electron chi connectivity index (χ4n) is 1.20. The van der Waals surface area contributed by atoms with E-state index in [1.165, 1.54) is 0 Å². The fraction of sp³-hybridized carbons (Fsp3) is 0.875. The van der Waals surface area contributed by atoms with E-state index >= 15 is 0 Å². The van der Waals surface area contributed by atoms with Gasteiger partial charge in [0.1, 0.15) is 0 Å². The van der Waals surface area contributed by atoms with Crippen molar-refractivity contribution in [1.82, 2.24) is 10.4 Å². The Bertz CT molecular complexity index is 178. The maximum Gasteiger partial charge on any atom is 0.234 e. The lowest BCUT2D eigenvalue weighted by molar-refractivity contribution is -0.125. The topological polar surface area (TPSA) is 32.3 Å². The van der Waals surface area contributed by atoms with Crippen LogP contribution in [0.15, 0.2) is 0 Å². The molecule has 1 N–H and O–H groups in total. The second-order valence-corrected chi connectivity index (χ2v) is 4.08. The van der Waals surface area contributed by atoms with Crippen LogP contribution in [0.2, 0.25) is 0 Å². The van der Waals surface area contributed by atoms with Gasteiger partial charge in [0, 0.05) is 20.5 Å². The van der Waals surface area contributed by atoms with E-state index in [0.717, 1.165) is 18.6 Å². The summed E-state index contributed by atoms with van der Waals surface area (Å²) in [6, 6.07) is 0. The Balaban J connectivity index is 2.26. The van der Waals surface area contributed by atoms with E-state index in [0.29, 0.717) is 6.42 Å². The van der Waals surface area contributed by atoms with Crippen molar-refractivity contribution >= 4 is 18.5 Å². The molecule has 1 saturated carbocycles. The van der Waals surface area contributed by atoms with Crippen molar-refractivity contribution in [3.8, 4) is 0 Å².